The summed E-state index contributed by atoms with van der Waals surface area (Å²) in [6.45, 7) is 1.44. The van der Waals surface area contributed by atoms with Crippen molar-refractivity contribution in [3.05, 3.63) is 38.9 Å². The second-order valence-electron chi connectivity index (χ2n) is 3.46. The smallest absolute Gasteiger partial charge is 0.279 e. The second-order valence-corrected chi connectivity index (χ2v) is 3.86. The monoisotopic (exact) mass is 303 g/mol. The van der Waals surface area contributed by atoms with Crippen molar-refractivity contribution in [1.82, 2.24) is 10.7 Å². The van der Waals surface area contributed by atoms with Crippen molar-refractivity contribution in [3.63, 3.8) is 0 Å². The molecular weight excluding hydrogens is 293 g/mol. The van der Waals surface area contributed by atoms with Gasteiger partial charge in [0.1, 0.15) is 0 Å². The molecule has 0 spiro atoms. The van der Waals surface area contributed by atoms with E-state index in [9.17, 15) is 10.1 Å². The molecule has 0 bridgehead atoms. The lowest BCUT2D eigenvalue weighted by atomic mass is 10.2. The van der Waals surface area contributed by atoms with Crippen LogP contribution < -0.4 is 10.7 Å². The zero-order chi connectivity index (χ0) is 13.0. The van der Waals surface area contributed by atoms with Gasteiger partial charge in [0.25, 0.3) is 5.69 Å². The lowest BCUT2D eigenvalue weighted by Gasteiger charge is -2.01. The second kappa shape index (κ2) is 6.91. The average molecular weight is 304 g/mol. The molecule has 0 saturated carbocycles. The molecule has 102 valence electrons. The summed E-state index contributed by atoms with van der Waals surface area (Å²) < 4.78 is 0. The van der Waals surface area contributed by atoms with E-state index in [0.717, 1.165) is 6.54 Å². The Labute approximate surface area is 120 Å². The Hall–Kier alpha value is -1.86. The molecule has 19 heavy (non-hydrogen) atoms. The van der Waals surface area contributed by atoms with E-state index in [-0.39, 0.29) is 28.7 Å². The standard InChI is InChI=1S/C10H10ClN5O2.ClH/c11-8-2-1-3-9(16(17)18)7(8)6-14-15-10-12-4-5-13-10;/h1-3,6H,4-5H2,(H2,12,13,15);1H/b14-6+;. The number of benzene rings is 1. The van der Waals surface area contributed by atoms with Crippen molar-refractivity contribution in [3.8, 4) is 0 Å². The summed E-state index contributed by atoms with van der Waals surface area (Å²) in [5, 5.41) is 17.9. The van der Waals surface area contributed by atoms with Crippen LogP contribution in [0.5, 0.6) is 0 Å². The zero-order valence-electron chi connectivity index (χ0n) is 9.67. The van der Waals surface area contributed by atoms with E-state index in [2.05, 4.69) is 20.8 Å². The average Bonchev–Trinajstić information content (AvgIpc) is 2.84. The molecule has 0 atom stereocenters. The Balaban J connectivity index is 0.00000180. The predicted molar refractivity (Wildman–Crippen MR) is 76.4 cm³/mol. The Morgan fingerprint density at radius 3 is 3.00 bits per heavy atom. The molecule has 0 unspecified atom stereocenters. The van der Waals surface area contributed by atoms with Crippen LogP contribution in [0.1, 0.15) is 5.56 Å². The first-order valence-electron chi connectivity index (χ1n) is 5.19. The van der Waals surface area contributed by atoms with Crippen LogP contribution in [0.15, 0.2) is 28.3 Å². The highest BCUT2D eigenvalue weighted by atomic mass is 35.5. The van der Waals surface area contributed by atoms with Crippen LogP contribution in [0.3, 0.4) is 0 Å². The van der Waals surface area contributed by atoms with E-state index in [1.807, 2.05) is 0 Å². The predicted octanol–water partition coefficient (Wildman–Crippen LogP) is 1.55. The molecule has 0 aliphatic carbocycles. The molecule has 1 aliphatic rings. The summed E-state index contributed by atoms with van der Waals surface area (Å²) in [6, 6.07) is 4.47. The Morgan fingerprint density at radius 1 is 1.58 bits per heavy atom. The highest BCUT2D eigenvalue weighted by Gasteiger charge is 2.14. The third-order valence-corrected chi connectivity index (χ3v) is 2.59. The van der Waals surface area contributed by atoms with Gasteiger partial charge in [0.15, 0.2) is 0 Å². The van der Waals surface area contributed by atoms with E-state index in [1.165, 1.54) is 18.3 Å². The van der Waals surface area contributed by atoms with Crippen molar-refractivity contribution in [2.45, 2.75) is 0 Å². The van der Waals surface area contributed by atoms with Crippen LogP contribution >= 0.6 is 24.0 Å². The fourth-order valence-electron chi connectivity index (χ4n) is 1.44. The van der Waals surface area contributed by atoms with Gasteiger partial charge in [-0.3, -0.25) is 10.1 Å². The maximum atomic E-state index is 10.8. The largest absolute Gasteiger partial charge is 0.353 e. The van der Waals surface area contributed by atoms with Crippen LogP contribution in [0, 0.1) is 10.1 Å². The molecule has 2 rings (SSSR count). The zero-order valence-corrected chi connectivity index (χ0v) is 11.2. The number of nitro groups is 1. The quantitative estimate of drug-likeness (QED) is 0.503. The molecule has 1 aromatic rings. The highest BCUT2D eigenvalue weighted by Crippen LogP contribution is 2.24. The van der Waals surface area contributed by atoms with Crippen molar-refractivity contribution in [1.29, 1.82) is 0 Å². The Morgan fingerprint density at radius 2 is 2.37 bits per heavy atom. The minimum atomic E-state index is -0.501. The summed E-state index contributed by atoms with van der Waals surface area (Å²) in [5.74, 6) is 0.543. The topological polar surface area (TPSA) is 91.9 Å². The van der Waals surface area contributed by atoms with Crippen molar-refractivity contribution >= 4 is 41.9 Å². The van der Waals surface area contributed by atoms with Gasteiger partial charge in [0.2, 0.25) is 5.96 Å². The minimum absolute atomic E-state index is 0. The van der Waals surface area contributed by atoms with Gasteiger partial charge in [-0.05, 0) is 6.07 Å². The highest BCUT2D eigenvalue weighted by molar-refractivity contribution is 6.33. The molecule has 1 heterocycles. The molecule has 0 saturated heterocycles. The van der Waals surface area contributed by atoms with E-state index in [4.69, 9.17) is 11.6 Å². The first-order valence-corrected chi connectivity index (χ1v) is 5.56. The van der Waals surface area contributed by atoms with Gasteiger partial charge in [-0.2, -0.15) is 5.10 Å². The Bertz CT molecular complexity index is 533. The fraction of sp³-hybridized carbons (Fsp3) is 0.200. The van der Waals surface area contributed by atoms with Crippen LogP contribution in [-0.4, -0.2) is 30.2 Å². The van der Waals surface area contributed by atoms with Gasteiger partial charge in [-0.15, -0.1) is 12.4 Å². The van der Waals surface area contributed by atoms with E-state index >= 15 is 0 Å². The van der Waals surface area contributed by atoms with E-state index < -0.39 is 4.92 Å². The third kappa shape index (κ3) is 3.80. The normalized spacial score (nSPS) is 13.6. The number of guanidine groups is 1. The Kier molecular flexibility index (Phi) is 5.53. The lowest BCUT2D eigenvalue weighted by Crippen LogP contribution is -2.30. The first-order chi connectivity index (χ1) is 8.68. The van der Waals surface area contributed by atoms with E-state index in [1.54, 1.807) is 6.07 Å². The number of hydrazone groups is 1. The number of nitrogens with zero attached hydrogens (tertiary/aromatic N) is 3. The fourth-order valence-corrected chi connectivity index (χ4v) is 1.66. The molecular formula is C10H11Cl2N5O2. The molecule has 1 aliphatic heterocycles. The number of nitrogens with one attached hydrogen (secondary N) is 2. The molecule has 1 aromatic carbocycles. The van der Waals surface area contributed by atoms with Crippen LogP contribution in [0.25, 0.3) is 0 Å². The summed E-state index contributed by atoms with van der Waals surface area (Å²) in [7, 11) is 0. The molecule has 0 aromatic heterocycles. The number of halogens is 2. The van der Waals surface area contributed by atoms with Crippen LogP contribution in [0.4, 0.5) is 5.69 Å². The van der Waals surface area contributed by atoms with Crippen molar-refractivity contribution < 1.29 is 4.92 Å². The minimum Gasteiger partial charge on any atom is -0.353 e. The maximum Gasteiger partial charge on any atom is 0.279 e. The van der Waals surface area contributed by atoms with Gasteiger partial charge in [0.05, 0.1) is 28.3 Å². The molecule has 7 nitrogen and oxygen atoms in total. The van der Waals surface area contributed by atoms with E-state index in [0.29, 0.717) is 12.5 Å². The summed E-state index contributed by atoms with van der Waals surface area (Å²) in [5.41, 5.74) is 2.82. The molecule has 0 radical (unpaired) electrons. The van der Waals surface area contributed by atoms with Crippen molar-refractivity contribution in [2.75, 3.05) is 13.1 Å². The van der Waals surface area contributed by atoms with Gasteiger partial charge in [-0.25, -0.2) is 10.4 Å². The van der Waals surface area contributed by atoms with Gasteiger partial charge in [-0.1, -0.05) is 17.7 Å². The molecule has 0 amide bonds. The number of hydrogen-bond acceptors (Lipinski definition) is 6. The van der Waals surface area contributed by atoms with Crippen LogP contribution in [-0.2, 0) is 0 Å². The first kappa shape index (κ1) is 15.2. The number of rotatable bonds is 3. The van der Waals surface area contributed by atoms with Crippen LogP contribution in [0.2, 0.25) is 5.02 Å². The number of hydrogen-bond donors (Lipinski definition) is 2. The summed E-state index contributed by atoms with van der Waals surface area (Å²) in [4.78, 5) is 14.4. The van der Waals surface area contributed by atoms with Gasteiger partial charge < -0.3 is 5.32 Å². The maximum absolute atomic E-state index is 10.8. The van der Waals surface area contributed by atoms with Crippen molar-refractivity contribution in [2.24, 2.45) is 10.1 Å². The summed E-state index contributed by atoms with van der Waals surface area (Å²) >= 11 is 5.90. The third-order valence-electron chi connectivity index (χ3n) is 2.26. The molecule has 2 N–H and O–H groups in total. The lowest BCUT2D eigenvalue weighted by molar-refractivity contribution is -0.385. The molecule has 0 fully saturated rings. The van der Waals surface area contributed by atoms with Gasteiger partial charge in [0, 0.05) is 12.6 Å². The number of aliphatic imine (C=N–C) groups is 1. The van der Waals surface area contributed by atoms with Gasteiger partial charge >= 0.3 is 0 Å². The SMILES string of the molecule is Cl.O=[N+]([O-])c1cccc(Cl)c1/C=N/NC1=NCCN1. The molecule has 9 heteroatoms. The summed E-state index contributed by atoms with van der Waals surface area (Å²) in [6.07, 6.45) is 1.31. The number of nitro benzene ring substituents is 1.